The Hall–Kier alpha value is -3.74. The largest absolute Gasteiger partial charge is 0.366 e. The second kappa shape index (κ2) is 9.22. The van der Waals surface area contributed by atoms with E-state index >= 15 is 0 Å². The van der Waals surface area contributed by atoms with Crippen LogP contribution in [0.2, 0.25) is 0 Å². The zero-order valence-electron chi connectivity index (χ0n) is 21.0. The molecule has 4 aromatic rings. The van der Waals surface area contributed by atoms with Gasteiger partial charge in [0.1, 0.15) is 0 Å². The average Bonchev–Trinajstić information content (AvgIpc) is 3.45. The molecule has 0 amide bonds. The average molecular weight is 525 g/mol. The molecule has 7 rings (SSSR count). The zero-order valence-corrected chi connectivity index (χ0v) is 21.8. The molecule has 3 aliphatic rings. The number of fused-ring (bicyclic) bond motifs is 2. The van der Waals surface area contributed by atoms with Gasteiger partial charge >= 0.3 is 5.69 Å². The molecular weight excluding hydrogens is 496 g/mol. The first-order valence-electron chi connectivity index (χ1n) is 13.3. The van der Waals surface area contributed by atoms with Gasteiger partial charge in [-0.25, -0.2) is 4.79 Å². The molecule has 0 spiro atoms. The molecular formula is C29H28N6O2S. The molecule has 1 aliphatic carbocycles. The molecule has 1 aromatic carbocycles. The van der Waals surface area contributed by atoms with E-state index in [4.69, 9.17) is 0 Å². The van der Waals surface area contributed by atoms with Gasteiger partial charge in [0, 0.05) is 65.3 Å². The standard InChI is InChI=1S/C29H28N6O2S/c30-15-18-12-19-2-1-10-33(21-5-8-31-16-21)27(19)24(13-18)23-6-9-32-25-14-22(38-28(23)25)17-35-26(36)7-11-34(29(35)37)20-3-4-20/h6-7,9,11-14,20-21,31H,1-5,8,10,16-17H2. The number of anilines is 1. The molecule has 0 radical (unpaired) electrons. The molecule has 8 nitrogen and oxygen atoms in total. The minimum absolute atomic E-state index is 0.210. The van der Waals surface area contributed by atoms with E-state index in [1.54, 1.807) is 22.1 Å². The van der Waals surface area contributed by atoms with Crippen LogP contribution in [0.3, 0.4) is 0 Å². The lowest BCUT2D eigenvalue weighted by Crippen LogP contribution is -2.40. The Morgan fingerprint density at radius 1 is 1.11 bits per heavy atom. The summed E-state index contributed by atoms with van der Waals surface area (Å²) in [6, 6.07) is 12.6. The third kappa shape index (κ3) is 3.96. The van der Waals surface area contributed by atoms with Crippen molar-refractivity contribution >= 4 is 27.2 Å². The number of aromatic nitrogens is 3. The molecule has 1 saturated carbocycles. The third-order valence-corrected chi connectivity index (χ3v) is 9.17. The van der Waals surface area contributed by atoms with Crippen LogP contribution in [0.1, 0.15) is 47.7 Å². The van der Waals surface area contributed by atoms with E-state index in [0.717, 1.165) is 78.0 Å². The number of nitrogens with one attached hydrogen (secondary N) is 1. The number of aryl methyl sites for hydroxylation is 1. The fraction of sp³-hybridized carbons (Fsp3) is 0.379. The van der Waals surface area contributed by atoms with Gasteiger partial charge in [-0.15, -0.1) is 11.3 Å². The number of thiophene rings is 1. The number of benzene rings is 1. The molecule has 3 aromatic heterocycles. The van der Waals surface area contributed by atoms with E-state index in [-0.39, 0.29) is 23.8 Å². The summed E-state index contributed by atoms with van der Waals surface area (Å²) >= 11 is 1.57. The molecule has 0 bridgehead atoms. The number of nitrogens with zero attached hydrogens (tertiary/aromatic N) is 5. The topological polar surface area (TPSA) is 96.0 Å². The lowest BCUT2D eigenvalue weighted by Gasteiger charge is -2.38. The Kier molecular flexibility index (Phi) is 5.68. The number of hydrogen-bond donors (Lipinski definition) is 1. The quantitative estimate of drug-likeness (QED) is 0.428. The molecule has 38 heavy (non-hydrogen) atoms. The molecule has 1 N–H and O–H groups in total. The highest BCUT2D eigenvalue weighted by atomic mass is 32.1. The van der Waals surface area contributed by atoms with Gasteiger partial charge in [-0.1, -0.05) is 0 Å². The summed E-state index contributed by atoms with van der Waals surface area (Å²) in [5.41, 5.74) is 5.57. The van der Waals surface area contributed by atoms with Crippen LogP contribution in [0.4, 0.5) is 5.69 Å². The van der Waals surface area contributed by atoms with Crippen LogP contribution in [0.15, 0.2) is 52.3 Å². The van der Waals surface area contributed by atoms with Crippen molar-refractivity contribution in [1.29, 1.82) is 5.26 Å². The van der Waals surface area contributed by atoms with Gasteiger partial charge in [-0.05, 0) is 68.5 Å². The molecule has 5 heterocycles. The lowest BCUT2D eigenvalue weighted by atomic mass is 9.90. The SMILES string of the molecule is N#Cc1cc2c(c(-c3ccnc4cc(Cn5c(=O)ccn(C6CC6)c5=O)sc34)c1)N(C1CCNC1)CCC2. The Labute approximate surface area is 223 Å². The fourth-order valence-corrected chi connectivity index (χ4v) is 7.19. The van der Waals surface area contributed by atoms with Crippen LogP contribution < -0.4 is 21.5 Å². The summed E-state index contributed by atoms with van der Waals surface area (Å²) in [4.78, 5) is 33.8. The minimum atomic E-state index is -0.283. The van der Waals surface area contributed by atoms with E-state index in [1.807, 2.05) is 24.4 Å². The first-order chi connectivity index (χ1) is 18.6. The molecule has 2 fully saturated rings. The minimum Gasteiger partial charge on any atom is -0.366 e. The second-order valence-corrected chi connectivity index (χ2v) is 11.7. The van der Waals surface area contributed by atoms with Crippen LogP contribution in [-0.4, -0.2) is 39.8 Å². The van der Waals surface area contributed by atoms with Gasteiger partial charge in [0.05, 0.1) is 28.4 Å². The molecule has 192 valence electrons. The summed E-state index contributed by atoms with van der Waals surface area (Å²) in [5, 5.41) is 13.3. The Morgan fingerprint density at radius 3 is 2.79 bits per heavy atom. The van der Waals surface area contributed by atoms with E-state index in [9.17, 15) is 14.9 Å². The first-order valence-corrected chi connectivity index (χ1v) is 14.2. The highest BCUT2D eigenvalue weighted by Gasteiger charge is 2.30. The summed E-state index contributed by atoms with van der Waals surface area (Å²) in [7, 11) is 0. The summed E-state index contributed by atoms with van der Waals surface area (Å²) in [6.45, 7) is 3.23. The molecule has 1 unspecified atom stereocenters. The van der Waals surface area contributed by atoms with Crippen LogP contribution in [0.25, 0.3) is 21.3 Å². The van der Waals surface area contributed by atoms with Crippen LogP contribution in [-0.2, 0) is 13.0 Å². The van der Waals surface area contributed by atoms with E-state index in [1.165, 1.54) is 21.9 Å². The predicted octanol–water partition coefficient (Wildman–Crippen LogP) is 3.66. The maximum atomic E-state index is 13.0. The van der Waals surface area contributed by atoms with Crippen molar-refractivity contribution in [3.05, 3.63) is 79.6 Å². The summed E-state index contributed by atoms with van der Waals surface area (Å²) in [5.74, 6) is 0. The van der Waals surface area contributed by atoms with Crippen molar-refractivity contribution in [3.8, 4) is 17.2 Å². The lowest BCUT2D eigenvalue weighted by molar-refractivity contribution is 0.592. The van der Waals surface area contributed by atoms with Gasteiger partial charge < -0.3 is 10.2 Å². The van der Waals surface area contributed by atoms with Crippen molar-refractivity contribution in [1.82, 2.24) is 19.4 Å². The smallest absolute Gasteiger partial charge is 0.331 e. The van der Waals surface area contributed by atoms with E-state index < -0.39 is 0 Å². The normalized spacial score (nSPS) is 19.0. The number of nitriles is 1. The van der Waals surface area contributed by atoms with Crippen LogP contribution >= 0.6 is 11.3 Å². The van der Waals surface area contributed by atoms with E-state index in [0.29, 0.717) is 11.6 Å². The molecule has 1 saturated heterocycles. The first kappa shape index (κ1) is 23.4. The van der Waals surface area contributed by atoms with Crippen molar-refractivity contribution in [2.24, 2.45) is 0 Å². The predicted molar refractivity (Wildman–Crippen MR) is 149 cm³/mol. The second-order valence-electron chi connectivity index (χ2n) is 10.5. The maximum absolute atomic E-state index is 13.0. The van der Waals surface area contributed by atoms with Gasteiger partial charge in [-0.3, -0.25) is 18.9 Å². The number of rotatable bonds is 5. The van der Waals surface area contributed by atoms with Crippen molar-refractivity contribution in [2.75, 3.05) is 24.5 Å². The van der Waals surface area contributed by atoms with E-state index in [2.05, 4.69) is 27.3 Å². The zero-order chi connectivity index (χ0) is 25.8. The van der Waals surface area contributed by atoms with Crippen molar-refractivity contribution in [2.45, 2.75) is 50.7 Å². The fourth-order valence-electron chi connectivity index (χ4n) is 6.06. The number of hydrogen-bond acceptors (Lipinski definition) is 7. The van der Waals surface area contributed by atoms with Crippen molar-refractivity contribution in [3.63, 3.8) is 0 Å². The van der Waals surface area contributed by atoms with Gasteiger partial charge in [0.25, 0.3) is 5.56 Å². The summed E-state index contributed by atoms with van der Waals surface area (Å²) in [6.07, 6.45) is 8.55. The Morgan fingerprint density at radius 2 is 2.00 bits per heavy atom. The Bertz CT molecular complexity index is 1720. The van der Waals surface area contributed by atoms with Crippen LogP contribution in [0, 0.1) is 11.3 Å². The number of pyridine rings is 1. The maximum Gasteiger partial charge on any atom is 0.331 e. The monoisotopic (exact) mass is 524 g/mol. The highest BCUT2D eigenvalue weighted by Crippen LogP contribution is 2.44. The molecule has 1 atom stereocenters. The van der Waals surface area contributed by atoms with Crippen LogP contribution in [0.5, 0.6) is 0 Å². The molecule has 2 aliphatic heterocycles. The third-order valence-electron chi connectivity index (χ3n) is 8.03. The molecule has 9 heteroatoms. The highest BCUT2D eigenvalue weighted by molar-refractivity contribution is 7.19. The Balaban J connectivity index is 1.35. The van der Waals surface area contributed by atoms with Crippen molar-refractivity contribution < 1.29 is 0 Å². The summed E-state index contributed by atoms with van der Waals surface area (Å²) < 4.78 is 4.03. The van der Waals surface area contributed by atoms with Gasteiger partial charge in [0.15, 0.2) is 0 Å². The van der Waals surface area contributed by atoms with Gasteiger partial charge in [-0.2, -0.15) is 5.26 Å². The van der Waals surface area contributed by atoms with Gasteiger partial charge in [0.2, 0.25) is 0 Å².